The zero-order chi connectivity index (χ0) is 24.3. The Morgan fingerprint density at radius 2 is 1.65 bits per heavy atom. The molecule has 0 saturated heterocycles. The van der Waals surface area contributed by atoms with Crippen molar-refractivity contribution >= 4 is 22.5 Å². The van der Waals surface area contributed by atoms with Gasteiger partial charge in [0.1, 0.15) is 0 Å². The van der Waals surface area contributed by atoms with Crippen LogP contribution >= 0.6 is 0 Å². The molecule has 174 valence electrons. The second-order valence-electron chi connectivity index (χ2n) is 9.62. The van der Waals surface area contributed by atoms with Crippen LogP contribution in [0.25, 0.3) is 10.9 Å². The Kier molecular flexibility index (Phi) is 6.50. The van der Waals surface area contributed by atoms with Gasteiger partial charge in [-0.1, -0.05) is 60.7 Å². The molecule has 0 aliphatic carbocycles. The zero-order valence-electron chi connectivity index (χ0n) is 19.7. The summed E-state index contributed by atoms with van der Waals surface area (Å²) < 4.78 is 2.11. The summed E-state index contributed by atoms with van der Waals surface area (Å²) in [6.45, 7) is 6.50. The Morgan fingerprint density at radius 3 is 2.26 bits per heavy atom. The van der Waals surface area contributed by atoms with Crippen molar-refractivity contribution < 1.29 is 9.72 Å². The molecule has 0 fully saturated rings. The molecule has 0 aliphatic heterocycles. The molecule has 1 heterocycles. The minimum absolute atomic E-state index is 0.0390. The fourth-order valence-electron chi connectivity index (χ4n) is 4.36. The number of carbonyl (C=O) groups is 1. The lowest BCUT2D eigenvalue weighted by Crippen LogP contribution is -2.41. The third-order valence-corrected chi connectivity index (χ3v) is 5.78. The molecule has 4 rings (SSSR count). The summed E-state index contributed by atoms with van der Waals surface area (Å²) in [5.41, 5.74) is 3.63. The number of aromatic nitrogens is 1. The molecule has 6 nitrogen and oxygen atoms in total. The van der Waals surface area contributed by atoms with Crippen molar-refractivity contribution in [2.24, 2.45) is 0 Å². The first-order valence-electron chi connectivity index (χ1n) is 11.4. The number of benzene rings is 3. The molecule has 0 saturated carbocycles. The lowest BCUT2D eigenvalue weighted by molar-refractivity contribution is -0.384. The number of carbonyl (C=O) groups excluding carboxylic acids is 1. The molecule has 0 spiro atoms. The average Bonchev–Trinajstić information content (AvgIpc) is 3.15. The molecule has 1 amide bonds. The number of non-ortho nitro benzene ring substituents is 1. The molecule has 0 aliphatic rings. The molecular weight excluding hydrogens is 426 g/mol. The molecule has 3 aromatic carbocycles. The van der Waals surface area contributed by atoms with E-state index in [2.05, 4.69) is 22.0 Å². The topological polar surface area (TPSA) is 77.2 Å². The maximum Gasteiger partial charge on any atom is 0.270 e. The standard InChI is InChI=1S/C28H29N3O3/c1-28(2,3)29-27(32)17-23(21-12-8-5-9-13-21)25-19-30(18-20-10-6-4-7-11-20)26-15-14-22(31(33)34)16-24(25)26/h4-16,19,23H,17-18H2,1-3H3,(H,29,32). The van der Waals surface area contributed by atoms with Gasteiger partial charge in [0, 0.05) is 53.7 Å². The number of amides is 1. The maximum atomic E-state index is 13.0. The van der Waals surface area contributed by atoms with Crippen LogP contribution in [0.2, 0.25) is 0 Å². The van der Waals surface area contributed by atoms with E-state index in [0.717, 1.165) is 27.6 Å². The highest BCUT2D eigenvalue weighted by atomic mass is 16.6. The third-order valence-electron chi connectivity index (χ3n) is 5.78. The van der Waals surface area contributed by atoms with Gasteiger partial charge in [-0.05, 0) is 43.5 Å². The van der Waals surface area contributed by atoms with Crippen molar-refractivity contribution in [3.8, 4) is 0 Å². The highest BCUT2D eigenvalue weighted by molar-refractivity contribution is 5.88. The fourth-order valence-corrected chi connectivity index (χ4v) is 4.36. The van der Waals surface area contributed by atoms with Crippen molar-refractivity contribution in [2.45, 2.75) is 45.2 Å². The second-order valence-corrected chi connectivity index (χ2v) is 9.62. The van der Waals surface area contributed by atoms with E-state index in [1.807, 2.05) is 75.5 Å². The molecule has 1 N–H and O–H groups in total. The lowest BCUT2D eigenvalue weighted by atomic mass is 9.87. The summed E-state index contributed by atoms with van der Waals surface area (Å²) in [6, 6.07) is 24.9. The molecule has 1 aromatic heterocycles. The molecule has 0 bridgehead atoms. The number of nitro benzene ring substituents is 1. The predicted molar refractivity (Wildman–Crippen MR) is 135 cm³/mol. The van der Waals surface area contributed by atoms with Crippen molar-refractivity contribution in [3.63, 3.8) is 0 Å². The number of fused-ring (bicyclic) bond motifs is 1. The lowest BCUT2D eigenvalue weighted by Gasteiger charge is -2.23. The number of nitrogens with zero attached hydrogens (tertiary/aromatic N) is 2. The summed E-state index contributed by atoms with van der Waals surface area (Å²) in [6.07, 6.45) is 2.29. The Balaban J connectivity index is 1.85. The minimum atomic E-state index is -0.373. The molecule has 1 atom stereocenters. The number of hydrogen-bond donors (Lipinski definition) is 1. The molecule has 0 radical (unpaired) electrons. The fraction of sp³-hybridized carbons (Fsp3) is 0.250. The van der Waals surface area contributed by atoms with Crippen LogP contribution in [-0.4, -0.2) is 20.9 Å². The largest absolute Gasteiger partial charge is 0.351 e. The van der Waals surface area contributed by atoms with Gasteiger partial charge in [0.2, 0.25) is 5.91 Å². The van der Waals surface area contributed by atoms with Crippen LogP contribution in [0.15, 0.2) is 85.1 Å². The molecular formula is C28H29N3O3. The van der Waals surface area contributed by atoms with Crippen LogP contribution in [0, 0.1) is 10.1 Å². The van der Waals surface area contributed by atoms with E-state index in [4.69, 9.17) is 0 Å². The normalized spacial score (nSPS) is 12.4. The smallest absolute Gasteiger partial charge is 0.270 e. The van der Waals surface area contributed by atoms with E-state index < -0.39 is 0 Å². The van der Waals surface area contributed by atoms with Gasteiger partial charge in [0.15, 0.2) is 0 Å². The van der Waals surface area contributed by atoms with Crippen LogP contribution in [0.5, 0.6) is 0 Å². The van der Waals surface area contributed by atoms with Crippen molar-refractivity contribution in [1.29, 1.82) is 0 Å². The van der Waals surface area contributed by atoms with Gasteiger partial charge >= 0.3 is 0 Å². The first-order valence-corrected chi connectivity index (χ1v) is 11.4. The van der Waals surface area contributed by atoms with Gasteiger partial charge < -0.3 is 9.88 Å². The quantitative estimate of drug-likeness (QED) is 0.273. The molecule has 34 heavy (non-hydrogen) atoms. The maximum absolute atomic E-state index is 13.0. The summed E-state index contributed by atoms with van der Waals surface area (Å²) >= 11 is 0. The van der Waals surface area contributed by atoms with Gasteiger partial charge in [-0.3, -0.25) is 14.9 Å². The second kappa shape index (κ2) is 9.51. The highest BCUT2D eigenvalue weighted by Crippen LogP contribution is 2.36. The van der Waals surface area contributed by atoms with Gasteiger partial charge in [-0.15, -0.1) is 0 Å². The average molecular weight is 456 g/mol. The number of rotatable bonds is 7. The SMILES string of the molecule is CC(C)(C)NC(=O)CC(c1ccccc1)c1cn(Cc2ccccc2)c2ccc([N+](=O)[O-])cc12. The number of nitro groups is 1. The van der Waals surface area contributed by atoms with Crippen LogP contribution in [0.1, 0.15) is 49.8 Å². The summed E-state index contributed by atoms with van der Waals surface area (Å²) in [5, 5.41) is 15.4. The summed E-state index contributed by atoms with van der Waals surface area (Å²) in [4.78, 5) is 24.2. The Morgan fingerprint density at radius 1 is 1.00 bits per heavy atom. The van der Waals surface area contributed by atoms with Crippen molar-refractivity contribution in [2.75, 3.05) is 0 Å². The van der Waals surface area contributed by atoms with Gasteiger partial charge in [0.05, 0.1) is 4.92 Å². The van der Waals surface area contributed by atoms with Crippen LogP contribution < -0.4 is 5.32 Å². The Hall–Kier alpha value is -3.93. The van der Waals surface area contributed by atoms with E-state index in [1.54, 1.807) is 12.1 Å². The number of hydrogen-bond acceptors (Lipinski definition) is 3. The van der Waals surface area contributed by atoms with Gasteiger partial charge in [0.25, 0.3) is 5.69 Å². The van der Waals surface area contributed by atoms with Crippen LogP contribution in [-0.2, 0) is 11.3 Å². The van der Waals surface area contributed by atoms with E-state index >= 15 is 0 Å². The molecule has 1 unspecified atom stereocenters. The van der Waals surface area contributed by atoms with Gasteiger partial charge in [-0.25, -0.2) is 0 Å². The van der Waals surface area contributed by atoms with E-state index in [9.17, 15) is 14.9 Å². The predicted octanol–water partition coefficient (Wildman–Crippen LogP) is 6.03. The third kappa shape index (κ3) is 5.34. The van der Waals surface area contributed by atoms with Gasteiger partial charge in [-0.2, -0.15) is 0 Å². The Bertz CT molecular complexity index is 1310. The first-order chi connectivity index (χ1) is 16.2. The molecule has 6 heteroatoms. The van der Waals surface area contributed by atoms with Crippen LogP contribution in [0.3, 0.4) is 0 Å². The van der Waals surface area contributed by atoms with E-state index in [-0.39, 0.29) is 34.4 Å². The Labute approximate surface area is 199 Å². The summed E-state index contributed by atoms with van der Waals surface area (Å²) in [7, 11) is 0. The monoisotopic (exact) mass is 455 g/mol. The van der Waals surface area contributed by atoms with Crippen molar-refractivity contribution in [1.82, 2.24) is 9.88 Å². The zero-order valence-corrected chi connectivity index (χ0v) is 19.7. The molecule has 4 aromatic rings. The first kappa shape index (κ1) is 23.2. The van der Waals surface area contributed by atoms with E-state index in [0.29, 0.717) is 6.54 Å². The van der Waals surface area contributed by atoms with Crippen molar-refractivity contribution in [3.05, 3.63) is 112 Å². The highest BCUT2D eigenvalue weighted by Gasteiger charge is 2.25. The van der Waals surface area contributed by atoms with Crippen LogP contribution in [0.4, 0.5) is 5.69 Å². The van der Waals surface area contributed by atoms with E-state index in [1.165, 1.54) is 6.07 Å². The summed E-state index contributed by atoms with van der Waals surface area (Å²) in [5.74, 6) is -0.305. The number of nitrogens with one attached hydrogen (secondary N) is 1. The minimum Gasteiger partial charge on any atom is -0.351 e.